The van der Waals surface area contributed by atoms with Crippen LogP contribution in [0.3, 0.4) is 0 Å². The van der Waals surface area contributed by atoms with Gasteiger partial charge in [-0.15, -0.1) is 0 Å². The Kier molecular flexibility index (Phi) is 4.82. The molecule has 0 fully saturated rings. The number of halogens is 2. The highest BCUT2D eigenvalue weighted by molar-refractivity contribution is 6.39. The van der Waals surface area contributed by atoms with E-state index in [1.54, 1.807) is 26.8 Å². The second-order valence-electron chi connectivity index (χ2n) is 5.21. The SMILES string of the molecule is CC(C)(C)C(NC(=O)c1c(Cl)cccc1Cl)C(=O)O. The number of hydrogen-bond acceptors (Lipinski definition) is 2. The largest absolute Gasteiger partial charge is 0.480 e. The molecule has 0 spiro atoms. The van der Waals surface area contributed by atoms with Crippen LogP contribution in [0.5, 0.6) is 0 Å². The Labute approximate surface area is 121 Å². The highest BCUT2D eigenvalue weighted by atomic mass is 35.5. The van der Waals surface area contributed by atoms with Crippen LogP contribution < -0.4 is 5.32 Å². The molecule has 1 amide bonds. The smallest absolute Gasteiger partial charge is 0.326 e. The Morgan fingerprint density at radius 2 is 1.68 bits per heavy atom. The molecule has 2 N–H and O–H groups in total. The predicted molar refractivity (Wildman–Crippen MR) is 74.8 cm³/mol. The van der Waals surface area contributed by atoms with Crippen LogP contribution in [0.25, 0.3) is 0 Å². The van der Waals surface area contributed by atoms with Gasteiger partial charge in [0.1, 0.15) is 6.04 Å². The topological polar surface area (TPSA) is 66.4 Å². The third kappa shape index (κ3) is 3.85. The number of carbonyl (C=O) groups excluding carboxylic acids is 1. The normalized spacial score (nSPS) is 12.9. The zero-order valence-electron chi connectivity index (χ0n) is 10.8. The molecule has 4 nitrogen and oxygen atoms in total. The lowest BCUT2D eigenvalue weighted by atomic mass is 9.86. The highest BCUT2D eigenvalue weighted by Crippen LogP contribution is 2.25. The number of carboxylic acids is 1. The minimum absolute atomic E-state index is 0.0846. The molecule has 1 atom stereocenters. The van der Waals surface area contributed by atoms with Gasteiger partial charge in [0.05, 0.1) is 15.6 Å². The molecule has 1 rings (SSSR count). The summed E-state index contributed by atoms with van der Waals surface area (Å²) >= 11 is 11.8. The lowest BCUT2D eigenvalue weighted by Gasteiger charge is -2.28. The summed E-state index contributed by atoms with van der Waals surface area (Å²) in [6, 6.07) is 3.62. The summed E-state index contributed by atoms with van der Waals surface area (Å²) in [5.41, 5.74) is -0.545. The molecular formula is C13H15Cl2NO3. The third-order valence-electron chi connectivity index (χ3n) is 2.58. The Morgan fingerprint density at radius 3 is 2.05 bits per heavy atom. The minimum Gasteiger partial charge on any atom is -0.480 e. The number of carbonyl (C=O) groups is 2. The molecule has 0 saturated carbocycles. The summed E-state index contributed by atoms with van der Waals surface area (Å²) in [5, 5.41) is 12.0. The molecular weight excluding hydrogens is 289 g/mol. The van der Waals surface area contributed by atoms with E-state index >= 15 is 0 Å². The van der Waals surface area contributed by atoms with Crippen LogP contribution in [0.4, 0.5) is 0 Å². The number of amides is 1. The van der Waals surface area contributed by atoms with Gasteiger partial charge in [-0.1, -0.05) is 50.0 Å². The molecule has 104 valence electrons. The first kappa shape index (κ1) is 15.8. The van der Waals surface area contributed by atoms with Gasteiger partial charge in [-0.05, 0) is 17.5 Å². The van der Waals surface area contributed by atoms with E-state index < -0.39 is 23.3 Å². The van der Waals surface area contributed by atoms with Gasteiger partial charge >= 0.3 is 5.97 Å². The lowest BCUT2D eigenvalue weighted by Crippen LogP contribution is -2.49. The van der Waals surface area contributed by atoms with E-state index in [0.717, 1.165) is 0 Å². The average molecular weight is 304 g/mol. The van der Waals surface area contributed by atoms with Gasteiger partial charge in [-0.25, -0.2) is 4.79 Å². The zero-order chi connectivity index (χ0) is 14.8. The number of aliphatic carboxylic acids is 1. The van der Waals surface area contributed by atoms with Crippen molar-refractivity contribution in [2.24, 2.45) is 5.41 Å². The number of benzene rings is 1. The average Bonchev–Trinajstić information content (AvgIpc) is 2.23. The molecule has 0 heterocycles. The molecule has 0 saturated heterocycles. The molecule has 0 aliphatic rings. The van der Waals surface area contributed by atoms with Gasteiger partial charge in [0.2, 0.25) is 0 Å². The Hall–Kier alpha value is -1.26. The van der Waals surface area contributed by atoms with Crippen molar-refractivity contribution in [1.82, 2.24) is 5.32 Å². The third-order valence-corrected chi connectivity index (χ3v) is 3.21. The Balaban J connectivity index is 3.05. The van der Waals surface area contributed by atoms with Crippen LogP contribution in [0, 0.1) is 5.41 Å². The molecule has 1 aromatic rings. The second-order valence-corrected chi connectivity index (χ2v) is 6.02. The summed E-state index contributed by atoms with van der Waals surface area (Å²) in [6.07, 6.45) is 0. The van der Waals surface area contributed by atoms with Crippen LogP contribution in [0.2, 0.25) is 10.0 Å². The fourth-order valence-corrected chi connectivity index (χ4v) is 2.14. The van der Waals surface area contributed by atoms with Crippen molar-refractivity contribution in [3.8, 4) is 0 Å². The van der Waals surface area contributed by atoms with Gasteiger partial charge in [-0.3, -0.25) is 4.79 Å². The molecule has 0 aliphatic heterocycles. The highest BCUT2D eigenvalue weighted by Gasteiger charge is 2.33. The van der Waals surface area contributed by atoms with Crippen LogP contribution in [0.1, 0.15) is 31.1 Å². The second kappa shape index (κ2) is 5.80. The molecule has 0 bridgehead atoms. The number of rotatable bonds is 3. The molecule has 6 heteroatoms. The van der Waals surface area contributed by atoms with Crippen LogP contribution >= 0.6 is 23.2 Å². The zero-order valence-corrected chi connectivity index (χ0v) is 12.3. The fourth-order valence-electron chi connectivity index (χ4n) is 1.57. The van der Waals surface area contributed by atoms with Crippen molar-refractivity contribution >= 4 is 35.1 Å². The molecule has 0 radical (unpaired) electrons. The van der Waals surface area contributed by atoms with Crippen LogP contribution in [0.15, 0.2) is 18.2 Å². The predicted octanol–water partition coefficient (Wildman–Crippen LogP) is 3.22. The van der Waals surface area contributed by atoms with E-state index in [1.165, 1.54) is 12.1 Å². The van der Waals surface area contributed by atoms with E-state index in [2.05, 4.69) is 5.32 Å². The van der Waals surface area contributed by atoms with Gasteiger partial charge in [0.25, 0.3) is 5.91 Å². The van der Waals surface area contributed by atoms with E-state index in [4.69, 9.17) is 28.3 Å². The number of hydrogen-bond donors (Lipinski definition) is 2. The maximum atomic E-state index is 12.1. The summed E-state index contributed by atoms with van der Waals surface area (Å²) in [6.45, 7) is 5.17. The molecule has 1 aromatic carbocycles. The molecule has 0 aliphatic carbocycles. The van der Waals surface area contributed by atoms with Gasteiger partial charge in [0, 0.05) is 0 Å². The minimum atomic E-state index is -1.11. The Morgan fingerprint density at radius 1 is 1.21 bits per heavy atom. The van der Waals surface area contributed by atoms with E-state index in [9.17, 15) is 9.59 Å². The number of nitrogens with one attached hydrogen (secondary N) is 1. The quantitative estimate of drug-likeness (QED) is 0.901. The molecule has 0 aromatic heterocycles. The summed E-state index contributed by atoms with van der Waals surface area (Å²) in [5.74, 6) is -1.71. The van der Waals surface area contributed by atoms with E-state index in [0.29, 0.717) is 0 Å². The maximum absolute atomic E-state index is 12.1. The first-order chi connectivity index (χ1) is 8.64. The van der Waals surface area contributed by atoms with Gasteiger partial charge < -0.3 is 10.4 Å². The fraction of sp³-hybridized carbons (Fsp3) is 0.385. The van der Waals surface area contributed by atoms with E-state index in [1.807, 2.05) is 0 Å². The first-order valence-electron chi connectivity index (χ1n) is 5.62. The standard InChI is InChI=1S/C13H15Cl2NO3/c1-13(2,3)10(12(18)19)16-11(17)9-7(14)5-4-6-8(9)15/h4-6,10H,1-3H3,(H,16,17)(H,18,19). The summed E-state index contributed by atoms with van der Waals surface area (Å²) in [7, 11) is 0. The van der Waals surface area contributed by atoms with Crippen molar-refractivity contribution in [2.75, 3.05) is 0 Å². The Bertz CT molecular complexity index is 489. The summed E-state index contributed by atoms with van der Waals surface area (Å²) < 4.78 is 0. The van der Waals surface area contributed by atoms with Crippen molar-refractivity contribution in [1.29, 1.82) is 0 Å². The maximum Gasteiger partial charge on any atom is 0.326 e. The molecule has 1 unspecified atom stereocenters. The van der Waals surface area contributed by atoms with Gasteiger partial charge in [0.15, 0.2) is 0 Å². The first-order valence-corrected chi connectivity index (χ1v) is 6.38. The van der Waals surface area contributed by atoms with Gasteiger partial charge in [-0.2, -0.15) is 0 Å². The monoisotopic (exact) mass is 303 g/mol. The summed E-state index contributed by atoms with van der Waals surface area (Å²) in [4.78, 5) is 23.3. The number of carboxylic acid groups (broad SMARTS) is 1. The van der Waals surface area contributed by atoms with Crippen LogP contribution in [-0.4, -0.2) is 23.0 Å². The molecule has 19 heavy (non-hydrogen) atoms. The lowest BCUT2D eigenvalue weighted by molar-refractivity contribution is -0.142. The van der Waals surface area contributed by atoms with Crippen molar-refractivity contribution in [3.05, 3.63) is 33.8 Å². The van der Waals surface area contributed by atoms with Crippen LogP contribution in [-0.2, 0) is 4.79 Å². The van der Waals surface area contributed by atoms with Crippen molar-refractivity contribution < 1.29 is 14.7 Å². The van der Waals surface area contributed by atoms with E-state index in [-0.39, 0.29) is 15.6 Å². The van der Waals surface area contributed by atoms with Crippen molar-refractivity contribution in [2.45, 2.75) is 26.8 Å². The van der Waals surface area contributed by atoms with Crippen molar-refractivity contribution in [3.63, 3.8) is 0 Å².